The highest BCUT2D eigenvalue weighted by molar-refractivity contribution is 14.0. The molecule has 31 heavy (non-hydrogen) atoms. The van der Waals surface area contributed by atoms with E-state index in [4.69, 9.17) is 4.52 Å². The van der Waals surface area contributed by atoms with Crippen LogP contribution in [-0.4, -0.2) is 66.5 Å². The van der Waals surface area contributed by atoms with Crippen molar-refractivity contribution in [2.24, 2.45) is 4.99 Å². The number of nitrogens with zero attached hydrogens (tertiary/aromatic N) is 4. The molecule has 11 heteroatoms. The maximum atomic E-state index is 12.7. The van der Waals surface area contributed by atoms with Crippen LogP contribution in [-0.2, 0) is 6.54 Å². The molecular weight excluding hydrogens is 526 g/mol. The Morgan fingerprint density at radius 1 is 1.23 bits per heavy atom. The number of benzene rings is 1. The Kier molecular flexibility index (Phi) is 7.68. The van der Waals surface area contributed by atoms with Gasteiger partial charge in [0.05, 0.1) is 5.69 Å². The molecule has 1 aromatic carbocycles. The number of nitrogens with one attached hydrogen (secondary N) is 1. The molecule has 1 saturated carbocycles. The summed E-state index contributed by atoms with van der Waals surface area (Å²) >= 11 is 0. The highest BCUT2D eigenvalue weighted by atomic mass is 127. The van der Waals surface area contributed by atoms with Gasteiger partial charge >= 0.3 is 6.36 Å². The minimum atomic E-state index is -4.70. The summed E-state index contributed by atoms with van der Waals surface area (Å²) in [6.45, 7) is 4.09. The number of piperazine rings is 1. The van der Waals surface area contributed by atoms with Crippen LogP contribution >= 0.6 is 24.0 Å². The third kappa shape index (κ3) is 6.25. The van der Waals surface area contributed by atoms with Gasteiger partial charge in [0.1, 0.15) is 12.0 Å². The van der Waals surface area contributed by atoms with Gasteiger partial charge in [0.2, 0.25) is 0 Å². The molecule has 2 aliphatic rings. The van der Waals surface area contributed by atoms with E-state index in [0.717, 1.165) is 50.8 Å². The van der Waals surface area contributed by atoms with Gasteiger partial charge in [0, 0.05) is 57.8 Å². The molecular formula is C20H25F3IN5O2. The minimum absolute atomic E-state index is 0. The van der Waals surface area contributed by atoms with Gasteiger partial charge in [-0.25, -0.2) is 0 Å². The van der Waals surface area contributed by atoms with Crippen LogP contribution in [0.4, 0.5) is 13.2 Å². The van der Waals surface area contributed by atoms with E-state index in [1.165, 1.54) is 6.07 Å². The lowest BCUT2D eigenvalue weighted by atomic mass is 10.1. The molecule has 170 valence electrons. The predicted octanol–water partition coefficient (Wildman–Crippen LogP) is 3.44. The van der Waals surface area contributed by atoms with Crippen LogP contribution in [0.15, 0.2) is 46.1 Å². The number of alkyl halides is 3. The van der Waals surface area contributed by atoms with Gasteiger partial charge in [-0.2, -0.15) is 0 Å². The molecule has 1 aliphatic heterocycles. The van der Waals surface area contributed by atoms with E-state index in [1.54, 1.807) is 31.5 Å². The van der Waals surface area contributed by atoms with Crippen molar-refractivity contribution in [1.82, 2.24) is 20.3 Å². The summed E-state index contributed by atoms with van der Waals surface area (Å²) in [5.41, 5.74) is 1.48. The van der Waals surface area contributed by atoms with Gasteiger partial charge < -0.3 is 19.5 Å². The Morgan fingerprint density at radius 2 is 1.97 bits per heavy atom. The number of hydrogen-bond donors (Lipinski definition) is 1. The number of rotatable bonds is 5. The van der Waals surface area contributed by atoms with Crippen molar-refractivity contribution in [1.29, 1.82) is 0 Å². The molecule has 2 atom stereocenters. The molecule has 0 spiro atoms. The van der Waals surface area contributed by atoms with Gasteiger partial charge in [-0.15, -0.1) is 37.1 Å². The Balaban J connectivity index is 0.00000272. The smallest absolute Gasteiger partial charge is 0.405 e. The normalized spacial score (nSPS) is 22.1. The first-order chi connectivity index (χ1) is 14.4. The number of hydrogen-bond acceptors (Lipinski definition) is 5. The number of aromatic nitrogens is 1. The van der Waals surface area contributed by atoms with E-state index in [1.807, 2.05) is 6.07 Å². The zero-order valence-corrected chi connectivity index (χ0v) is 19.3. The van der Waals surface area contributed by atoms with Gasteiger partial charge in [0.25, 0.3) is 0 Å². The first kappa shape index (κ1) is 23.6. The molecule has 2 heterocycles. The van der Waals surface area contributed by atoms with Crippen LogP contribution < -0.4 is 10.1 Å². The van der Waals surface area contributed by atoms with E-state index in [-0.39, 0.29) is 41.7 Å². The average molecular weight is 551 g/mol. The molecule has 4 rings (SSSR count). The molecule has 1 saturated heterocycles. The lowest BCUT2D eigenvalue weighted by molar-refractivity contribution is -0.274. The Hall–Kier alpha value is -2.02. The molecule has 1 aliphatic carbocycles. The summed E-state index contributed by atoms with van der Waals surface area (Å²) in [4.78, 5) is 8.85. The first-order valence-electron chi connectivity index (χ1n) is 9.87. The fourth-order valence-corrected chi connectivity index (χ4v) is 3.83. The molecule has 2 unspecified atom stereocenters. The zero-order valence-electron chi connectivity index (χ0n) is 17.0. The van der Waals surface area contributed by atoms with E-state index in [2.05, 4.69) is 30.0 Å². The van der Waals surface area contributed by atoms with Crippen LogP contribution in [0.1, 0.15) is 23.6 Å². The molecule has 7 nitrogen and oxygen atoms in total. The highest BCUT2D eigenvalue weighted by Crippen LogP contribution is 2.45. The molecule has 1 aromatic heterocycles. The third-order valence-electron chi connectivity index (χ3n) is 5.41. The van der Waals surface area contributed by atoms with Crippen molar-refractivity contribution in [2.75, 3.05) is 33.2 Å². The van der Waals surface area contributed by atoms with Crippen molar-refractivity contribution >= 4 is 29.9 Å². The van der Waals surface area contributed by atoms with E-state index in [9.17, 15) is 13.2 Å². The topological polar surface area (TPSA) is 66.1 Å². The number of ether oxygens (including phenoxy) is 1. The summed E-state index contributed by atoms with van der Waals surface area (Å²) in [6, 6.07) is 8.24. The molecule has 1 N–H and O–H groups in total. The van der Waals surface area contributed by atoms with Crippen LogP contribution in [0, 0.1) is 0 Å². The summed E-state index contributed by atoms with van der Waals surface area (Å²) in [6.07, 6.45) is -2.39. The van der Waals surface area contributed by atoms with Crippen LogP contribution in [0.25, 0.3) is 0 Å². The second-order valence-corrected chi connectivity index (χ2v) is 7.48. The van der Waals surface area contributed by atoms with E-state index < -0.39 is 6.36 Å². The van der Waals surface area contributed by atoms with Crippen molar-refractivity contribution in [3.63, 3.8) is 0 Å². The Bertz CT molecular complexity index is 870. The molecule has 0 radical (unpaired) electrons. The second-order valence-electron chi connectivity index (χ2n) is 7.48. The second kappa shape index (κ2) is 10.1. The summed E-state index contributed by atoms with van der Waals surface area (Å²) < 4.78 is 47.1. The van der Waals surface area contributed by atoms with Crippen molar-refractivity contribution in [2.45, 2.75) is 31.3 Å². The average Bonchev–Trinajstić information content (AvgIpc) is 3.28. The number of aliphatic imine (C=N–C) groups is 1. The molecule has 2 fully saturated rings. The highest BCUT2D eigenvalue weighted by Gasteiger charge is 2.43. The van der Waals surface area contributed by atoms with Gasteiger partial charge in [-0.1, -0.05) is 23.4 Å². The maximum Gasteiger partial charge on any atom is 0.573 e. The number of halogens is 4. The lowest BCUT2D eigenvalue weighted by Gasteiger charge is -2.36. The standard InChI is InChI=1S/C20H24F3N5O2.HI/c1-24-19(28-9-7-27(8-10-28)13-14-6-11-29-26-14)25-17-12-16(17)15-4-2-3-5-18(15)30-20(21,22)23;/h2-6,11,16-17H,7-10,12-13H2,1H3,(H,24,25);1H. The van der Waals surface area contributed by atoms with E-state index in [0.29, 0.717) is 5.56 Å². The summed E-state index contributed by atoms with van der Waals surface area (Å²) in [5, 5.41) is 7.35. The van der Waals surface area contributed by atoms with Crippen molar-refractivity contribution < 1.29 is 22.4 Å². The van der Waals surface area contributed by atoms with Gasteiger partial charge in [0.15, 0.2) is 5.96 Å². The number of guanidine groups is 1. The zero-order chi connectivity index (χ0) is 21.1. The largest absolute Gasteiger partial charge is 0.573 e. The predicted molar refractivity (Wildman–Crippen MR) is 120 cm³/mol. The van der Waals surface area contributed by atoms with E-state index >= 15 is 0 Å². The Morgan fingerprint density at radius 3 is 2.61 bits per heavy atom. The minimum Gasteiger partial charge on any atom is -0.405 e. The van der Waals surface area contributed by atoms with Crippen LogP contribution in [0.3, 0.4) is 0 Å². The van der Waals surface area contributed by atoms with Crippen LogP contribution in [0.5, 0.6) is 5.75 Å². The van der Waals surface area contributed by atoms with Gasteiger partial charge in [-0.3, -0.25) is 9.89 Å². The van der Waals surface area contributed by atoms with Crippen LogP contribution in [0.2, 0.25) is 0 Å². The summed E-state index contributed by atoms with van der Waals surface area (Å²) in [5.74, 6) is 0.613. The van der Waals surface area contributed by atoms with Crippen molar-refractivity contribution in [3.8, 4) is 5.75 Å². The van der Waals surface area contributed by atoms with Crippen molar-refractivity contribution in [3.05, 3.63) is 47.9 Å². The number of para-hydroxylation sites is 1. The van der Waals surface area contributed by atoms with Gasteiger partial charge in [-0.05, 0) is 18.1 Å². The fourth-order valence-electron chi connectivity index (χ4n) is 3.83. The SMILES string of the molecule is CN=C(NC1CC1c1ccccc1OC(F)(F)F)N1CCN(Cc2ccon2)CC1.I. The fraction of sp³-hybridized carbons (Fsp3) is 0.500. The molecule has 2 aromatic rings. The molecule has 0 bridgehead atoms. The maximum absolute atomic E-state index is 12.7. The quantitative estimate of drug-likeness (QED) is 0.349. The third-order valence-corrected chi connectivity index (χ3v) is 5.41. The molecule has 0 amide bonds. The monoisotopic (exact) mass is 551 g/mol. The first-order valence-corrected chi connectivity index (χ1v) is 9.87. The lowest BCUT2D eigenvalue weighted by Crippen LogP contribution is -2.52. The summed E-state index contributed by atoms with van der Waals surface area (Å²) in [7, 11) is 1.72. The Labute approximate surface area is 195 Å².